The lowest BCUT2D eigenvalue weighted by atomic mass is 10.2. The van der Waals surface area contributed by atoms with E-state index in [1.54, 1.807) is 0 Å². The second-order valence-electron chi connectivity index (χ2n) is 2.78. The third-order valence-corrected chi connectivity index (χ3v) is 2.00. The number of aliphatic hydroxyl groups is 2. The Balaban J connectivity index is 2.14. The molecule has 0 spiro atoms. The van der Waals surface area contributed by atoms with Gasteiger partial charge in [-0.25, -0.2) is 0 Å². The Morgan fingerprint density at radius 3 is 2.70 bits per heavy atom. The van der Waals surface area contributed by atoms with Crippen molar-refractivity contribution in [1.29, 1.82) is 0 Å². The van der Waals surface area contributed by atoms with Crippen LogP contribution in [-0.4, -0.2) is 35.5 Å². The molecular formula is C7H15NO2. The van der Waals surface area contributed by atoms with Gasteiger partial charge in [-0.1, -0.05) is 0 Å². The molecule has 60 valence electrons. The first-order valence-corrected chi connectivity index (χ1v) is 3.87. The Bertz CT molecular complexity index is 97.6. The molecule has 0 saturated heterocycles. The van der Waals surface area contributed by atoms with Crippen LogP contribution in [0.5, 0.6) is 0 Å². The van der Waals surface area contributed by atoms with E-state index >= 15 is 0 Å². The Morgan fingerprint density at radius 1 is 1.40 bits per heavy atom. The summed E-state index contributed by atoms with van der Waals surface area (Å²) in [7, 11) is 0. The SMILES string of the molecule is OCCN[C@H]1CCC[C@@H]1O. The molecule has 1 fully saturated rings. The highest BCUT2D eigenvalue weighted by molar-refractivity contribution is 4.82. The van der Waals surface area contributed by atoms with Crippen LogP contribution in [0.1, 0.15) is 19.3 Å². The highest BCUT2D eigenvalue weighted by Gasteiger charge is 2.23. The van der Waals surface area contributed by atoms with E-state index < -0.39 is 0 Å². The van der Waals surface area contributed by atoms with E-state index in [0.29, 0.717) is 6.54 Å². The average molecular weight is 145 g/mol. The highest BCUT2D eigenvalue weighted by Crippen LogP contribution is 2.18. The van der Waals surface area contributed by atoms with Crippen molar-refractivity contribution >= 4 is 0 Å². The molecule has 0 aliphatic heterocycles. The molecule has 0 aromatic carbocycles. The fourth-order valence-electron chi connectivity index (χ4n) is 1.43. The fraction of sp³-hybridized carbons (Fsp3) is 1.00. The summed E-state index contributed by atoms with van der Waals surface area (Å²) in [5.74, 6) is 0. The first-order chi connectivity index (χ1) is 4.84. The smallest absolute Gasteiger partial charge is 0.0693 e. The minimum absolute atomic E-state index is 0.156. The molecular weight excluding hydrogens is 130 g/mol. The zero-order chi connectivity index (χ0) is 7.40. The van der Waals surface area contributed by atoms with Crippen molar-refractivity contribution in [3.05, 3.63) is 0 Å². The minimum atomic E-state index is -0.188. The molecule has 0 bridgehead atoms. The van der Waals surface area contributed by atoms with Crippen LogP contribution in [0.2, 0.25) is 0 Å². The lowest BCUT2D eigenvalue weighted by Gasteiger charge is -2.14. The Kier molecular flexibility index (Phi) is 3.12. The van der Waals surface area contributed by atoms with Crippen molar-refractivity contribution < 1.29 is 10.2 Å². The van der Waals surface area contributed by atoms with E-state index in [1.165, 1.54) is 0 Å². The van der Waals surface area contributed by atoms with Crippen molar-refractivity contribution in [2.75, 3.05) is 13.2 Å². The normalized spacial score (nSPS) is 33.0. The maximum absolute atomic E-state index is 9.27. The van der Waals surface area contributed by atoms with Crippen LogP contribution in [0.3, 0.4) is 0 Å². The van der Waals surface area contributed by atoms with Gasteiger partial charge in [-0.15, -0.1) is 0 Å². The third-order valence-electron chi connectivity index (χ3n) is 2.00. The van der Waals surface area contributed by atoms with Crippen LogP contribution in [-0.2, 0) is 0 Å². The molecule has 0 aromatic rings. The molecule has 2 atom stereocenters. The van der Waals surface area contributed by atoms with Gasteiger partial charge in [0.05, 0.1) is 12.7 Å². The summed E-state index contributed by atoms with van der Waals surface area (Å²) < 4.78 is 0. The maximum Gasteiger partial charge on any atom is 0.0693 e. The average Bonchev–Trinajstić information content (AvgIpc) is 2.31. The van der Waals surface area contributed by atoms with Crippen LogP contribution in [0.4, 0.5) is 0 Å². The van der Waals surface area contributed by atoms with Crippen LogP contribution < -0.4 is 5.32 Å². The van der Waals surface area contributed by atoms with Crippen molar-refractivity contribution in [2.45, 2.75) is 31.4 Å². The second kappa shape index (κ2) is 3.91. The number of nitrogens with one attached hydrogen (secondary N) is 1. The summed E-state index contributed by atoms with van der Waals surface area (Å²) in [4.78, 5) is 0. The minimum Gasteiger partial charge on any atom is -0.395 e. The van der Waals surface area contributed by atoms with E-state index in [0.717, 1.165) is 19.3 Å². The fourth-order valence-corrected chi connectivity index (χ4v) is 1.43. The summed E-state index contributed by atoms with van der Waals surface area (Å²) >= 11 is 0. The number of hydrogen-bond donors (Lipinski definition) is 3. The Hall–Kier alpha value is -0.120. The van der Waals surface area contributed by atoms with Crippen molar-refractivity contribution in [2.24, 2.45) is 0 Å². The van der Waals surface area contributed by atoms with E-state index in [1.807, 2.05) is 0 Å². The zero-order valence-electron chi connectivity index (χ0n) is 6.08. The predicted molar refractivity (Wildman–Crippen MR) is 38.7 cm³/mol. The lowest BCUT2D eigenvalue weighted by molar-refractivity contribution is 0.145. The monoisotopic (exact) mass is 145 g/mol. The van der Waals surface area contributed by atoms with Gasteiger partial charge < -0.3 is 15.5 Å². The van der Waals surface area contributed by atoms with Crippen LogP contribution in [0, 0.1) is 0 Å². The largest absolute Gasteiger partial charge is 0.395 e. The summed E-state index contributed by atoms with van der Waals surface area (Å²) in [6.45, 7) is 0.755. The van der Waals surface area contributed by atoms with Gasteiger partial charge in [0.15, 0.2) is 0 Å². The predicted octanol–water partition coefficient (Wildman–Crippen LogP) is -0.518. The van der Waals surface area contributed by atoms with E-state index in [2.05, 4.69) is 5.32 Å². The number of hydrogen-bond acceptors (Lipinski definition) is 3. The molecule has 0 unspecified atom stereocenters. The van der Waals surface area contributed by atoms with Gasteiger partial charge in [-0.2, -0.15) is 0 Å². The second-order valence-corrected chi connectivity index (χ2v) is 2.78. The molecule has 10 heavy (non-hydrogen) atoms. The molecule has 0 aromatic heterocycles. The molecule has 1 aliphatic carbocycles. The Labute approximate surface area is 61.1 Å². The number of rotatable bonds is 3. The first-order valence-electron chi connectivity index (χ1n) is 3.87. The van der Waals surface area contributed by atoms with Gasteiger partial charge in [-0.05, 0) is 19.3 Å². The third kappa shape index (κ3) is 1.94. The van der Waals surface area contributed by atoms with Crippen LogP contribution in [0.25, 0.3) is 0 Å². The molecule has 0 amide bonds. The highest BCUT2D eigenvalue weighted by atomic mass is 16.3. The van der Waals surface area contributed by atoms with E-state index in [4.69, 9.17) is 5.11 Å². The standard InChI is InChI=1S/C7H15NO2/c9-5-4-8-6-2-1-3-7(6)10/h6-10H,1-5H2/t6-,7-/m0/s1. The van der Waals surface area contributed by atoms with Crippen molar-refractivity contribution in [3.63, 3.8) is 0 Å². The van der Waals surface area contributed by atoms with Gasteiger partial charge in [-0.3, -0.25) is 0 Å². The summed E-state index contributed by atoms with van der Waals surface area (Å²) in [6, 6.07) is 0.229. The van der Waals surface area contributed by atoms with Crippen LogP contribution in [0.15, 0.2) is 0 Å². The summed E-state index contributed by atoms with van der Waals surface area (Å²) in [5, 5.41) is 20.8. The van der Waals surface area contributed by atoms with Gasteiger partial charge in [0.25, 0.3) is 0 Å². The van der Waals surface area contributed by atoms with Crippen molar-refractivity contribution in [1.82, 2.24) is 5.32 Å². The molecule has 1 saturated carbocycles. The van der Waals surface area contributed by atoms with E-state index in [-0.39, 0.29) is 18.8 Å². The molecule has 3 heteroatoms. The molecule has 3 nitrogen and oxygen atoms in total. The lowest BCUT2D eigenvalue weighted by Crippen LogP contribution is -2.37. The van der Waals surface area contributed by atoms with Gasteiger partial charge in [0.1, 0.15) is 0 Å². The summed E-state index contributed by atoms with van der Waals surface area (Å²) in [6.07, 6.45) is 2.86. The molecule has 1 aliphatic rings. The van der Waals surface area contributed by atoms with E-state index in [9.17, 15) is 5.11 Å². The Morgan fingerprint density at radius 2 is 2.20 bits per heavy atom. The van der Waals surface area contributed by atoms with Crippen LogP contribution >= 0.6 is 0 Å². The van der Waals surface area contributed by atoms with Gasteiger partial charge in [0, 0.05) is 12.6 Å². The van der Waals surface area contributed by atoms with Gasteiger partial charge in [0.2, 0.25) is 0 Å². The van der Waals surface area contributed by atoms with Gasteiger partial charge >= 0.3 is 0 Å². The first kappa shape index (κ1) is 7.98. The molecule has 1 rings (SSSR count). The topological polar surface area (TPSA) is 52.5 Å². The number of aliphatic hydroxyl groups excluding tert-OH is 2. The van der Waals surface area contributed by atoms with Crippen molar-refractivity contribution in [3.8, 4) is 0 Å². The summed E-state index contributed by atoms with van der Waals surface area (Å²) in [5.41, 5.74) is 0. The zero-order valence-corrected chi connectivity index (χ0v) is 6.08. The molecule has 0 radical (unpaired) electrons. The quantitative estimate of drug-likeness (QED) is 0.501. The molecule has 0 heterocycles. The maximum atomic E-state index is 9.27. The molecule has 3 N–H and O–H groups in total.